The Labute approximate surface area is 199 Å². The van der Waals surface area contributed by atoms with E-state index in [9.17, 15) is 18.4 Å². The third kappa shape index (κ3) is 5.56. The number of thioether (sulfide) groups is 1. The van der Waals surface area contributed by atoms with Crippen LogP contribution in [0.1, 0.15) is 32.2 Å². The number of hydrogen-bond acceptors (Lipinski definition) is 6. The van der Waals surface area contributed by atoms with Gasteiger partial charge in [-0.3, -0.25) is 9.59 Å². The summed E-state index contributed by atoms with van der Waals surface area (Å²) in [5.41, 5.74) is 1.46. The molecule has 10 heteroatoms. The van der Waals surface area contributed by atoms with Gasteiger partial charge >= 0.3 is 6.61 Å². The Balaban J connectivity index is 1.39. The molecular weight excluding hydrogens is 464 g/mol. The van der Waals surface area contributed by atoms with Gasteiger partial charge in [0.15, 0.2) is 0 Å². The highest BCUT2D eigenvalue weighted by molar-refractivity contribution is 7.98. The van der Waals surface area contributed by atoms with Crippen molar-refractivity contribution in [2.75, 3.05) is 26.2 Å². The van der Waals surface area contributed by atoms with Crippen molar-refractivity contribution in [1.29, 1.82) is 0 Å². The number of nitrogens with zero attached hydrogens (tertiary/aromatic N) is 3. The number of piperazine rings is 1. The van der Waals surface area contributed by atoms with E-state index in [0.717, 1.165) is 16.3 Å². The lowest BCUT2D eigenvalue weighted by molar-refractivity contribution is -0.0503. The average Bonchev–Trinajstić information content (AvgIpc) is 3.27. The second-order valence-corrected chi connectivity index (χ2v) is 8.70. The molecule has 0 N–H and O–H groups in total. The highest BCUT2D eigenvalue weighted by Gasteiger charge is 2.28. The molecule has 1 saturated heterocycles. The topological polar surface area (TPSA) is 75.9 Å². The fraction of sp³-hybridized carbons (Fsp3) is 0.292. The summed E-state index contributed by atoms with van der Waals surface area (Å²) in [5.74, 6) is 0.599. The summed E-state index contributed by atoms with van der Waals surface area (Å²) in [6.45, 7) is 0.0880. The fourth-order valence-electron chi connectivity index (χ4n) is 3.70. The number of halogens is 2. The van der Waals surface area contributed by atoms with Gasteiger partial charge in [0, 0.05) is 37.1 Å². The number of ether oxygens (including phenoxy) is 1. The molecule has 1 aliphatic heterocycles. The summed E-state index contributed by atoms with van der Waals surface area (Å²) in [6.07, 6.45) is 0. The molecule has 1 aromatic heterocycles. The second-order valence-electron chi connectivity index (χ2n) is 7.68. The number of aryl methyl sites for hydroxylation is 1. The smallest absolute Gasteiger partial charge is 0.387 e. The van der Waals surface area contributed by atoms with Crippen LogP contribution >= 0.6 is 11.8 Å². The summed E-state index contributed by atoms with van der Waals surface area (Å²) in [4.78, 5) is 30.2. The third-order valence-corrected chi connectivity index (χ3v) is 6.45. The first kappa shape index (κ1) is 23.7. The van der Waals surface area contributed by atoms with Gasteiger partial charge in [0.1, 0.15) is 11.5 Å². The number of alkyl halides is 2. The average molecular weight is 488 g/mol. The maximum absolute atomic E-state index is 13.2. The van der Waals surface area contributed by atoms with E-state index in [1.54, 1.807) is 21.9 Å². The molecule has 3 aromatic rings. The van der Waals surface area contributed by atoms with Crippen molar-refractivity contribution in [3.8, 4) is 5.75 Å². The number of benzene rings is 2. The molecule has 34 heavy (non-hydrogen) atoms. The Bertz CT molecular complexity index is 1160. The van der Waals surface area contributed by atoms with E-state index in [-0.39, 0.29) is 17.2 Å². The molecule has 7 nitrogen and oxygen atoms in total. The van der Waals surface area contributed by atoms with Crippen LogP contribution in [-0.4, -0.2) is 59.6 Å². The van der Waals surface area contributed by atoms with E-state index in [0.29, 0.717) is 37.5 Å². The van der Waals surface area contributed by atoms with Gasteiger partial charge in [0.2, 0.25) is 0 Å². The molecule has 0 saturated carbocycles. The van der Waals surface area contributed by atoms with E-state index in [2.05, 4.69) is 9.89 Å². The number of carbonyl (C=O) groups excluding carboxylic acids is 2. The molecule has 0 bridgehead atoms. The number of aromatic nitrogens is 1. The zero-order chi connectivity index (χ0) is 24.1. The van der Waals surface area contributed by atoms with Gasteiger partial charge in [-0.15, -0.1) is 11.8 Å². The summed E-state index contributed by atoms with van der Waals surface area (Å²) in [6, 6.07) is 15.2. The lowest BCUT2D eigenvalue weighted by Gasteiger charge is -2.35. The van der Waals surface area contributed by atoms with Crippen molar-refractivity contribution in [1.82, 2.24) is 15.0 Å². The number of hydrogen-bond donors (Lipinski definition) is 0. The van der Waals surface area contributed by atoms with E-state index in [4.69, 9.17) is 4.52 Å². The maximum Gasteiger partial charge on any atom is 0.387 e. The molecule has 1 aliphatic rings. The first-order chi connectivity index (χ1) is 16.4. The molecule has 2 heterocycles. The molecule has 0 radical (unpaired) electrons. The van der Waals surface area contributed by atoms with Crippen LogP contribution in [-0.2, 0) is 5.75 Å². The molecule has 1 fully saturated rings. The predicted molar refractivity (Wildman–Crippen MR) is 122 cm³/mol. The standard InChI is InChI=1S/C24H23F2N3O4S/c1-16-14-17(33-27-16)15-34-21-9-5-3-7-19(21)23(31)29-12-10-28(11-13-29)22(30)18-6-2-4-8-20(18)32-24(25)26/h2-9,14,24H,10-13,15H2,1H3. The molecule has 2 aromatic carbocycles. The SMILES string of the molecule is Cc1cc(CSc2ccccc2C(=O)N2CCN(C(=O)c3ccccc3OC(F)F)CC2)on1. The molecule has 2 amide bonds. The molecule has 0 spiro atoms. The Morgan fingerprint density at radius 3 is 2.21 bits per heavy atom. The summed E-state index contributed by atoms with van der Waals surface area (Å²) >= 11 is 1.49. The molecule has 4 rings (SSSR count). The van der Waals surface area contributed by atoms with Crippen molar-refractivity contribution in [2.45, 2.75) is 24.2 Å². The first-order valence-electron chi connectivity index (χ1n) is 10.7. The zero-order valence-corrected chi connectivity index (χ0v) is 19.3. The van der Waals surface area contributed by atoms with Crippen LogP contribution in [0.3, 0.4) is 0 Å². The minimum atomic E-state index is -3.02. The van der Waals surface area contributed by atoms with Crippen LogP contribution in [0.15, 0.2) is 64.0 Å². The quantitative estimate of drug-likeness (QED) is 0.458. The fourth-order valence-corrected chi connectivity index (χ4v) is 4.62. The normalized spacial score (nSPS) is 13.9. The third-order valence-electron chi connectivity index (χ3n) is 5.35. The Morgan fingerprint density at radius 2 is 1.59 bits per heavy atom. The Hall–Kier alpha value is -3.40. The number of rotatable bonds is 7. The van der Waals surface area contributed by atoms with Crippen LogP contribution in [0.5, 0.6) is 5.75 Å². The lowest BCUT2D eigenvalue weighted by Crippen LogP contribution is -2.50. The van der Waals surface area contributed by atoms with Crippen LogP contribution in [0.25, 0.3) is 0 Å². The van der Waals surface area contributed by atoms with Crippen LogP contribution < -0.4 is 4.74 Å². The monoisotopic (exact) mass is 487 g/mol. The molecule has 0 atom stereocenters. The van der Waals surface area contributed by atoms with Crippen molar-refractivity contribution >= 4 is 23.6 Å². The number of carbonyl (C=O) groups is 2. The van der Waals surface area contributed by atoms with Gasteiger partial charge in [-0.1, -0.05) is 29.4 Å². The van der Waals surface area contributed by atoms with Gasteiger partial charge in [-0.25, -0.2) is 0 Å². The van der Waals surface area contributed by atoms with Crippen molar-refractivity contribution in [2.24, 2.45) is 0 Å². The number of para-hydroxylation sites is 1. The molecule has 0 unspecified atom stereocenters. The van der Waals surface area contributed by atoms with Gasteiger partial charge in [0.05, 0.1) is 22.6 Å². The zero-order valence-electron chi connectivity index (χ0n) is 18.4. The second kappa shape index (κ2) is 10.7. The van der Waals surface area contributed by atoms with E-state index < -0.39 is 12.5 Å². The first-order valence-corrected chi connectivity index (χ1v) is 11.7. The van der Waals surface area contributed by atoms with E-state index in [1.807, 2.05) is 31.2 Å². The summed E-state index contributed by atoms with van der Waals surface area (Å²) in [5, 5.41) is 3.88. The van der Waals surface area contributed by atoms with Gasteiger partial charge < -0.3 is 19.1 Å². The molecule has 178 valence electrons. The van der Waals surface area contributed by atoms with Gasteiger partial charge in [0.25, 0.3) is 11.8 Å². The Kier molecular flexibility index (Phi) is 7.46. The molecular formula is C24H23F2N3O4S. The van der Waals surface area contributed by atoms with Gasteiger partial charge in [-0.2, -0.15) is 8.78 Å². The highest BCUT2D eigenvalue weighted by atomic mass is 32.2. The lowest BCUT2D eigenvalue weighted by atomic mass is 10.1. The highest BCUT2D eigenvalue weighted by Crippen LogP contribution is 2.28. The van der Waals surface area contributed by atoms with Crippen molar-refractivity contribution in [3.05, 3.63) is 77.2 Å². The van der Waals surface area contributed by atoms with E-state index in [1.165, 1.54) is 30.0 Å². The number of amides is 2. The van der Waals surface area contributed by atoms with Crippen LogP contribution in [0, 0.1) is 6.92 Å². The van der Waals surface area contributed by atoms with Gasteiger partial charge in [-0.05, 0) is 31.2 Å². The summed E-state index contributed by atoms with van der Waals surface area (Å²) < 4.78 is 35.1. The van der Waals surface area contributed by atoms with Crippen LogP contribution in [0.4, 0.5) is 8.78 Å². The Morgan fingerprint density at radius 1 is 1.00 bits per heavy atom. The van der Waals surface area contributed by atoms with E-state index >= 15 is 0 Å². The minimum absolute atomic E-state index is 0.0759. The van der Waals surface area contributed by atoms with Crippen LogP contribution in [0.2, 0.25) is 0 Å². The summed E-state index contributed by atoms with van der Waals surface area (Å²) in [7, 11) is 0. The maximum atomic E-state index is 13.2. The predicted octanol–water partition coefficient (Wildman–Crippen LogP) is 4.47. The van der Waals surface area contributed by atoms with Crippen molar-refractivity contribution in [3.63, 3.8) is 0 Å². The largest absolute Gasteiger partial charge is 0.434 e. The molecule has 0 aliphatic carbocycles. The van der Waals surface area contributed by atoms with Crippen molar-refractivity contribution < 1.29 is 27.6 Å². The minimum Gasteiger partial charge on any atom is -0.434 e.